The van der Waals surface area contributed by atoms with Gasteiger partial charge in [0.2, 0.25) is 0 Å². The minimum absolute atomic E-state index is 0.186. The number of halogens is 2. The summed E-state index contributed by atoms with van der Waals surface area (Å²) in [6.07, 6.45) is 1.07. The predicted molar refractivity (Wildman–Crippen MR) is 87.5 cm³/mol. The second kappa shape index (κ2) is 7.12. The zero-order chi connectivity index (χ0) is 14.5. The Balaban J connectivity index is 1.98. The highest BCUT2D eigenvalue weighted by atomic mass is 35.5. The van der Waals surface area contributed by atoms with Crippen molar-refractivity contribution in [2.45, 2.75) is 32.9 Å². The maximum absolute atomic E-state index is 6.22. The highest BCUT2D eigenvalue weighted by Gasteiger charge is 2.09. The molecule has 0 fully saturated rings. The SMILES string of the molecule is CCc1ccc(CNC(C)c2ccc(Cl)cc2Cl)cc1. The lowest BCUT2D eigenvalue weighted by atomic mass is 10.1. The number of hydrogen-bond donors (Lipinski definition) is 1. The summed E-state index contributed by atoms with van der Waals surface area (Å²) in [7, 11) is 0. The summed E-state index contributed by atoms with van der Waals surface area (Å²) < 4.78 is 0. The number of aryl methyl sites for hydroxylation is 1. The first-order chi connectivity index (χ1) is 9.60. The number of hydrogen-bond acceptors (Lipinski definition) is 1. The normalized spacial score (nSPS) is 12.4. The molecule has 3 heteroatoms. The van der Waals surface area contributed by atoms with Gasteiger partial charge in [-0.1, -0.05) is 60.5 Å². The Labute approximate surface area is 130 Å². The monoisotopic (exact) mass is 307 g/mol. The average molecular weight is 308 g/mol. The van der Waals surface area contributed by atoms with Crippen molar-refractivity contribution in [2.75, 3.05) is 0 Å². The van der Waals surface area contributed by atoms with Gasteiger partial charge in [0.25, 0.3) is 0 Å². The fourth-order valence-corrected chi connectivity index (χ4v) is 2.70. The molecule has 0 saturated carbocycles. The Morgan fingerprint density at radius 2 is 1.65 bits per heavy atom. The molecular formula is C17H19Cl2N. The van der Waals surface area contributed by atoms with Gasteiger partial charge in [0.1, 0.15) is 0 Å². The molecule has 0 aliphatic heterocycles. The third-order valence-electron chi connectivity index (χ3n) is 3.47. The Kier molecular flexibility index (Phi) is 5.47. The first-order valence-electron chi connectivity index (χ1n) is 6.86. The van der Waals surface area contributed by atoms with E-state index >= 15 is 0 Å². The molecule has 0 aliphatic carbocycles. The van der Waals surface area contributed by atoms with Crippen LogP contribution in [0, 0.1) is 0 Å². The molecule has 20 heavy (non-hydrogen) atoms. The van der Waals surface area contributed by atoms with Crippen LogP contribution in [0.4, 0.5) is 0 Å². The molecule has 0 saturated heterocycles. The van der Waals surface area contributed by atoms with E-state index in [0.717, 1.165) is 18.5 Å². The largest absolute Gasteiger partial charge is 0.306 e. The molecule has 1 N–H and O–H groups in total. The Bertz CT molecular complexity index is 564. The van der Waals surface area contributed by atoms with E-state index in [1.165, 1.54) is 11.1 Å². The third-order valence-corrected chi connectivity index (χ3v) is 4.04. The van der Waals surface area contributed by atoms with E-state index in [1.807, 2.05) is 12.1 Å². The van der Waals surface area contributed by atoms with Crippen molar-refractivity contribution in [1.29, 1.82) is 0 Å². The molecule has 0 heterocycles. The van der Waals surface area contributed by atoms with Crippen molar-refractivity contribution in [3.63, 3.8) is 0 Å². The second-order valence-electron chi connectivity index (χ2n) is 4.94. The Morgan fingerprint density at radius 3 is 2.25 bits per heavy atom. The minimum Gasteiger partial charge on any atom is -0.306 e. The molecule has 1 unspecified atom stereocenters. The summed E-state index contributed by atoms with van der Waals surface area (Å²) in [5.41, 5.74) is 3.71. The van der Waals surface area contributed by atoms with Crippen LogP contribution in [-0.4, -0.2) is 0 Å². The van der Waals surface area contributed by atoms with Gasteiger partial charge in [-0.15, -0.1) is 0 Å². The van der Waals surface area contributed by atoms with E-state index in [4.69, 9.17) is 23.2 Å². The van der Waals surface area contributed by atoms with Gasteiger partial charge in [-0.3, -0.25) is 0 Å². The third kappa shape index (κ3) is 3.99. The van der Waals surface area contributed by atoms with Crippen LogP contribution >= 0.6 is 23.2 Å². The smallest absolute Gasteiger partial charge is 0.0468 e. The summed E-state index contributed by atoms with van der Waals surface area (Å²) in [5.74, 6) is 0. The highest BCUT2D eigenvalue weighted by Crippen LogP contribution is 2.26. The molecule has 2 aromatic carbocycles. The number of nitrogens with one attached hydrogen (secondary N) is 1. The van der Waals surface area contributed by atoms with E-state index in [-0.39, 0.29) is 6.04 Å². The summed E-state index contributed by atoms with van der Waals surface area (Å²) >= 11 is 12.1. The van der Waals surface area contributed by atoms with Gasteiger partial charge in [-0.25, -0.2) is 0 Å². The fraction of sp³-hybridized carbons (Fsp3) is 0.294. The summed E-state index contributed by atoms with van der Waals surface area (Å²) in [6.45, 7) is 5.09. The summed E-state index contributed by atoms with van der Waals surface area (Å²) in [6, 6.07) is 14.5. The van der Waals surface area contributed by atoms with Crippen LogP contribution in [0.1, 0.15) is 36.6 Å². The van der Waals surface area contributed by atoms with Crippen molar-refractivity contribution in [2.24, 2.45) is 0 Å². The predicted octanol–water partition coefficient (Wildman–Crippen LogP) is 5.41. The summed E-state index contributed by atoms with van der Waals surface area (Å²) in [5, 5.41) is 4.86. The first kappa shape index (κ1) is 15.4. The molecule has 0 aliphatic rings. The number of benzene rings is 2. The molecule has 0 bridgehead atoms. The first-order valence-corrected chi connectivity index (χ1v) is 7.62. The van der Waals surface area contributed by atoms with E-state index in [1.54, 1.807) is 6.07 Å². The molecule has 0 amide bonds. The van der Waals surface area contributed by atoms with Crippen molar-refractivity contribution < 1.29 is 0 Å². The van der Waals surface area contributed by atoms with Crippen LogP contribution in [0.2, 0.25) is 10.0 Å². The van der Waals surface area contributed by atoms with Gasteiger partial charge in [-0.2, -0.15) is 0 Å². The molecule has 1 atom stereocenters. The van der Waals surface area contributed by atoms with Crippen molar-refractivity contribution >= 4 is 23.2 Å². The van der Waals surface area contributed by atoms with Crippen molar-refractivity contribution in [1.82, 2.24) is 5.32 Å². The average Bonchev–Trinajstić information content (AvgIpc) is 2.45. The maximum Gasteiger partial charge on any atom is 0.0468 e. The quantitative estimate of drug-likeness (QED) is 0.779. The Morgan fingerprint density at radius 1 is 1.00 bits per heavy atom. The van der Waals surface area contributed by atoms with Gasteiger partial charge < -0.3 is 5.32 Å². The zero-order valence-electron chi connectivity index (χ0n) is 11.8. The van der Waals surface area contributed by atoms with Gasteiger partial charge in [-0.05, 0) is 42.2 Å². The van der Waals surface area contributed by atoms with E-state index < -0.39 is 0 Å². The molecular weight excluding hydrogens is 289 g/mol. The second-order valence-corrected chi connectivity index (χ2v) is 5.78. The maximum atomic E-state index is 6.22. The van der Waals surface area contributed by atoms with Crippen LogP contribution < -0.4 is 5.32 Å². The zero-order valence-corrected chi connectivity index (χ0v) is 13.3. The molecule has 2 rings (SSSR count). The van der Waals surface area contributed by atoms with E-state index in [0.29, 0.717) is 10.0 Å². The molecule has 0 spiro atoms. The number of rotatable bonds is 5. The van der Waals surface area contributed by atoms with E-state index in [9.17, 15) is 0 Å². The molecule has 0 aromatic heterocycles. The fourth-order valence-electron chi connectivity index (χ4n) is 2.13. The lowest BCUT2D eigenvalue weighted by Gasteiger charge is -2.16. The molecule has 0 radical (unpaired) electrons. The summed E-state index contributed by atoms with van der Waals surface area (Å²) in [4.78, 5) is 0. The lowest BCUT2D eigenvalue weighted by Crippen LogP contribution is -2.18. The topological polar surface area (TPSA) is 12.0 Å². The van der Waals surface area contributed by atoms with Crippen LogP contribution in [0.15, 0.2) is 42.5 Å². The highest BCUT2D eigenvalue weighted by molar-refractivity contribution is 6.35. The lowest BCUT2D eigenvalue weighted by molar-refractivity contribution is 0.575. The molecule has 106 valence electrons. The molecule has 2 aromatic rings. The van der Waals surface area contributed by atoms with Crippen LogP contribution in [0.3, 0.4) is 0 Å². The van der Waals surface area contributed by atoms with Crippen molar-refractivity contribution in [3.8, 4) is 0 Å². The van der Waals surface area contributed by atoms with E-state index in [2.05, 4.69) is 43.4 Å². The van der Waals surface area contributed by atoms with Gasteiger partial charge in [0, 0.05) is 22.6 Å². The van der Waals surface area contributed by atoms with Gasteiger partial charge in [0.05, 0.1) is 0 Å². The standard InChI is InChI=1S/C17H19Cl2N/c1-3-13-4-6-14(7-5-13)11-20-12(2)16-9-8-15(18)10-17(16)19/h4-10,12,20H,3,11H2,1-2H3. The van der Waals surface area contributed by atoms with Crippen LogP contribution in [-0.2, 0) is 13.0 Å². The van der Waals surface area contributed by atoms with Crippen LogP contribution in [0.5, 0.6) is 0 Å². The van der Waals surface area contributed by atoms with Gasteiger partial charge >= 0.3 is 0 Å². The van der Waals surface area contributed by atoms with Crippen molar-refractivity contribution in [3.05, 3.63) is 69.2 Å². The minimum atomic E-state index is 0.186. The Hall–Kier alpha value is -1.02. The molecule has 1 nitrogen and oxygen atoms in total. The van der Waals surface area contributed by atoms with Crippen LogP contribution in [0.25, 0.3) is 0 Å². The van der Waals surface area contributed by atoms with Gasteiger partial charge in [0.15, 0.2) is 0 Å².